The van der Waals surface area contributed by atoms with E-state index in [-0.39, 0.29) is 11.2 Å². The fraction of sp³-hybridized carbons (Fsp3) is 0.0588. The number of rotatable bonds is 3. The van der Waals surface area contributed by atoms with Gasteiger partial charge in [-0.2, -0.15) is 5.10 Å². The van der Waals surface area contributed by atoms with E-state index in [1.165, 1.54) is 10.6 Å². The van der Waals surface area contributed by atoms with Crippen LogP contribution in [0.5, 0.6) is 0 Å². The average Bonchev–Trinajstić information content (AvgIpc) is 3.18. The van der Waals surface area contributed by atoms with Crippen molar-refractivity contribution in [3.63, 3.8) is 0 Å². The van der Waals surface area contributed by atoms with E-state index >= 15 is 0 Å². The summed E-state index contributed by atoms with van der Waals surface area (Å²) in [7, 11) is 0. The van der Waals surface area contributed by atoms with Gasteiger partial charge in [-0.15, -0.1) is 5.10 Å². The van der Waals surface area contributed by atoms with Crippen LogP contribution in [0.4, 0.5) is 5.82 Å². The highest BCUT2D eigenvalue weighted by molar-refractivity contribution is 6.32. The van der Waals surface area contributed by atoms with Gasteiger partial charge in [0.2, 0.25) is 0 Å². The van der Waals surface area contributed by atoms with Crippen LogP contribution in [0.15, 0.2) is 53.5 Å². The number of halogens is 1. The number of carbonyl (C=O) groups excluding carboxylic acids is 1. The quantitative estimate of drug-likeness (QED) is 0.580. The molecule has 1 amide bonds. The highest BCUT2D eigenvalue weighted by Gasteiger charge is 2.16. The first kappa shape index (κ1) is 16.1. The van der Waals surface area contributed by atoms with Crippen molar-refractivity contribution in [2.75, 3.05) is 5.32 Å². The smallest absolute Gasteiger partial charge is 0.305 e. The molecular weight excluding hydrogens is 356 g/mol. The number of anilines is 1. The number of aromatic nitrogens is 5. The van der Waals surface area contributed by atoms with Crippen molar-refractivity contribution in [1.29, 1.82) is 0 Å². The minimum Gasteiger partial charge on any atom is -0.305 e. The summed E-state index contributed by atoms with van der Waals surface area (Å²) in [5.74, 6) is -0.0503. The van der Waals surface area contributed by atoms with Crippen LogP contribution in [0.3, 0.4) is 0 Å². The molecule has 0 fully saturated rings. The predicted octanol–water partition coefficient (Wildman–Crippen LogP) is 2.42. The second kappa shape index (κ2) is 6.16. The largest absolute Gasteiger partial charge is 0.347 e. The molecule has 0 saturated carbocycles. The first-order valence-electron chi connectivity index (χ1n) is 7.73. The maximum Gasteiger partial charge on any atom is 0.347 e. The summed E-state index contributed by atoms with van der Waals surface area (Å²) < 4.78 is 2.92. The number of amides is 1. The van der Waals surface area contributed by atoms with E-state index in [4.69, 9.17) is 11.6 Å². The van der Waals surface area contributed by atoms with Crippen LogP contribution < -0.4 is 11.0 Å². The van der Waals surface area contributed by atoms with Crippen LogP contribution in [0.25, 0.3) is 11.3 Å². The van der Waals surface area contributed by atoms with E-state index in [1.54, 1.807) is 28.9 Å². The molecule has 0 aliphatic rings. The highest BCUT2D eigenvalue weighted by atomic mass is 35.5. The van der Waals surface area contributed by atoms with Crippen molar-refractivity contribution in [3.05, 3.63) is 75.4 Å². The highest BCUT2D eigenvalue weighted by Crippen LogP contribution is 2.22. The van der Waals surface area contributed by atoms with Gasteiger partial charge in [0.1, 0.15) is 0 Å². The molecule has 0 saturated heterocycles. The first-order chi connectivity index (χ1) is 12.5. The number of pyridine rings is 1. The number of nitrogens with zero attached hydrogens (tertiary/aromatic N) is 4. The predicted molar refractivity (Wildman–Crippen MR) is 97.1 cm³/mol. The third-order valence-electron chi connectivity index (χ3n) is 3.90. The topological polar surface area (TPSA) is 97.1 Å². The molecule has 2 N–H and O–H groups in total. The van der Waals surface area contributed by atoms with E-state index in [0.717, 1.165) is 5.69 Å². The first-order valence-corrected chi connectivity index (χ1v) is 8.11. The molecule has 1 aromatic carbocycles. The summed E-state index contributed by atoms with van der Waals surface area (Å²) in [6.45, 7) is 1.86. The molecule has 0 atom stereocenters. The molecule has 3 heterocycles. The summed E-state index contributed by atoms with van der Waals surface area (Å²) in [6.07, 6.45) is 1.54. The minimum atomic E-state index is -0.418. The number of benzene rings is 1. The van der Waals surface area contributed by atoms with Crippen LogP contribution in [0.2, 0.25) is 5.02 Å². The molecule has 4 aromatic rings. The maximum absolute atomic E-state index is 12.6. The molecule has 0 bridgehead atoms. The number of fused-ring (bicyclic) bond motifs is 1. The summed E-state index contributed by atoms with van der Waals surface area (Å²) in [5, 5.41) is 13.9. The van der Waals surface area contributed by atoms with Crippen molar-refractivity contribution in [2.24, 2.45) is 0 Å². The van der Waals surface area contributed by atoms with E-state index in [2.05, 4.69) is 20.6 Å². The standard InChI is InChI=1S/C17H13ClN6O2/c1-10-9-14(22-24(10)13-7-3-2-6-12(13)18)19-16(25)11-5-4-8-23-15(11)20-21-17(23)26/h2-9H,1H3,(H,21,26)(H,19,22,25). The zero-order valence-electron chi connectivity index (χ0n) is 13.6. The fourth-order valence-corrected chi connectivity index (χ4v) is 2.91. The van der Waals surface area contributed by atoms with Gasteiger partial charge in [-0.25, -0.2) is 19.0 Å². The Hall–Kier alpha value is -3.39. The van der Waals surface area contributed by atoms with Crippen molar-refractivity contribution in [3.8, 4) is 5.69 Å². The van der Waals surface area contributed by atoms with Crippen LogP contribution >= 0.6 is 11.6 Å². The van der Waals surface area contributed by atoms with Crippen molar-refractivity contribution < 1.29 is 4.79 Å². The molecule has 130 valence electrons. The molecule has 26 heavy (non-hydrogen) atoms. The summed E-state index contributed by atoms with van der Waals surface area (Å²) in [6, 6.07) is 12.2. The van der Waals surface area contributed by atoms with E-state index in [0.29, 0.717) is 16.5 Å². The Morgan fingerprint density at radius 3 is 2.85 bits per heavy atom. The lowest BCUT2D eigenvalue weighted by Crippen LogP contribution is -2.15. The maximum atomic E-state index is 12.6. The number of aromatic amines is 1. The molecule has 0 aliphatic carbocycles. The summed E-state index contributed by atoms with van der Waals surface area (Å²) in [4.78, 5) is 24.2. The molecule has 0 unspecified atom stereocenters. The second-order valence-electron chi connectivity index (χ2n) is 5.63. The van der Waals surface area contributed by atoms with Crippen LogP contribution in [0.1, 0.15) is 16.1 Å². The third-order valence-corrected chi connectivity index (χ3v) is 4.22. The van der Waals surface area contributed by atoms with Gasteiger partial charge in [0.25, 0.3) is 5.91 Å². The molecule has 9 heteroatoms. The fourth-order valence-electron chi connectivity index (χ4n) is 2.70. The van der Waals surface area contributed by atoms with Gasteiger partial charge in [0.15, 0.2) is 11.5 Å². The number of nitrogens with one attached hydrogen (secondary N) is 2. The normalized spacial score (nSPS) is 11.0. The van der Waals surface area contributed by atoms with Gasteiger partial charge < -0.3 is 5.32 Å². The van der Waals surface area contributed by atoms with E-state index in [1.807, 2.05) is 25.1 Å². The SMILES string of the molecule is Cc1cc(NC(=O)c2cccn3c(=O)[nH]nc23)nn1-c1ccccc1Cl. The third kappa shape index (κ3) is 2.66. The van der Waals surface area contributed by atoms with E-state index in [9.17, 15) is 9.59 Å². The molecule has 0 radical (unpaired) electrons. The van der Waals surface area contributed by atoms with Gasteiger partial charge in [0.05, 0.1) is 16.3 Å². The summed E-state index contributed by atoms with van der Waals surface area (Å²) in [5.41, 5.74) is 1.62. The zero-order valence-corrected chi connectivity index (χ0v) is 14.4. The molecule has 0 aliphatic heterocycles. The van der Waals surface area contributed by atoms with Gasteiger partial charge in [-0.05, 0) is 31.2 Å². The van der Waals surface area contributed by atoms with Crippen molar-refractivity contribution in [2.45, 2.75) is 6.92 Å². The van der Waals surface area contributed by atoms with Gasteiger partial charge >= 0.3 is 5.69 Å². The number of hydrogen-bond donors (Lipinski definition) is 2. The Kier molecular flexibility index (Phi) is 3.81. The lowest BCUT2D eigenvalue weighted by atomic mass is 10.2. The molecule has 0 spiro atoms. The molecule has 4 rings (SSSR count). The summed E-state index contributed by atoms with van der Waals surface area (Å²) >= 11 is 6.22. The van der Waals surface area contributed by atoms with Gasteiger partial charge in [-0.1, -0.05) is 23.7 Å². The monoisotopic (exact) mass is 368 g/mol. The number of H-pyrrole nitrogens is 1. The van der Waals surface area contributed by atoms with Crippen molar-refractivity contribution >= 4 is 29.0 Å². The lowest BCUT2D eigenvalue weighted by molar-refractivity contribution is 0.102. The number of aryl methyl sites for hydroxylation is 1. The number of hydrogen-bond acceptors (Lipinski definition) is 4. The van der Waals surface area contributed by atoms with Crippen LogP contribution in [-0.4, -0.2) is 30.3 Å². The van der Waals surface area contributed by atoms with Crippen molar-refractivity contribution in [1.82, 2.24) is 24.4 Å². The van der Waals surface area contributed by atoms with Gasteiger partial charge in [0, 0.05) is 18.0 Å². The number of para-hydroxylation sites is 1. The second-order valence-corrected chi connectivity index (χ2v) is 6.04. The Morgan fingerprint density at radius 2 is 2.04 bits per heavy atom. The van der Waals surface area contributed by atoms with Gasteiger partial charge in [-0.3, -0.25) is 4.79 Å². The molecule has 3 aromatic heterocycles. The van der Waals surface area contributed by atoms with Crippen LogP contribution in [0, 0.1) is 6.92 Å². The Bertz CT molecular complexity index is 1190. The Labute approximate surface area is 152 Å². The number of carbonyl (C=O) groups is 1. The Balaban J connectivity index is 1.68. The molecule has 8 nitrogen and oxygen atoms in total. The lowest BCUT2D eigenvalue weighted by Gasteiger charge is -2.06. The molecular formula is C17H13ClN6O2. The minimum absolute atomic E-state index is 0.247. The Morgan fingerprint density at radius 1 is 1.23 bits per heavy atom. The van der Waals surface area contributed by atoms with E-state index < -0.39 is 11.6 Å². The van der Waals surface area contributed by atoms with Crippen LogP contribution in [-0.2, 0) is 0 Å². The average molecular weight is 369 g/mol. The zero-order chi connectivity index (χ0) is 18.3.